The number of para-hydroxylation sites is 1. The third-order valence-electron chi connectivity index (χ3n) is 1.68. The summed E-state index contributed by atoms with van der Waals surface area (Å²) in [6.07, 6.45) is 0. The number of aromatic nitrogens is 1. The zero-order chi connectivity index (χ0) is 9.97. The van der Waals surface area contributed by atoms with Crippen molar-refractivity contribution in [2.24, 2.45) is 0 Å². The molecular weight excluding hydrogens is 223 g/mol. The molecule has 1 heterocycles. The molecule has 0 fully saturated rings. The van der Waals surface area contributed by atoms with Crippen LogP contribution in [0, 0.1) is 0 Å². The van der Waals surface area contributed by atoms with Crippen LogP contribution in [-0.2, 0) is 4.79 Å². The number of hydrogen-bond donors (Lipinski definition) is 1. The van der Waals surface area contributed by atoms with Gasteiger partial charge in [-0.15, -0.1) is 0 Å². The maximum absolute atomic E-state index is 10.2. The minimum absolute atomic E-state index is 0. The molecular formula is C9H7N2NaO2S-. The number of thiazole rings is 1. The van der Waals surface area contributed by atoms with E-state index in [9.17, 15) is 9.90 Å². The summed E-state index contributed by atoms with van der Waals surface area (Å²) in [6, 6.07) is 7.64. The average molecular weight is 230 g/mol. The molecule has 0 saturated heterocycles. The molecule has 1 aromatic heterocycles. The molecule has 2 rings (SSSR count). The Balaban J connectivity index is 0.00000112. The SMILES string of the molecule is O=C([O-])CNc1nc2ccccc2s1.[Na]. The van der Waals surface area contributed by atoms with E-state index in [2.05, 4.69) is 10.3 Å². The average Bonchev–Trinajstić information content (AvgIpc) is 2.57. The van der Waals surface area contributed by atoms with E-state index in [4.69, 9.17) is 0 Å². The summed E-state index contributed by atoms with van der Waals surface area (Å²) < 4.78 is 1.04. The van der Waals surface area contributed by atoms with Gasteiger partial charge in [0, 0.05) is 29.6 Å². The van der Waals surface area contributed by atoms with Gasteiger partial charge in [-0.25, -0.2) is 4.98 Å². The van der Waals surface area contributed by atoms with E-state index < -0.39 is 5.97 Å². The maximum atomic E-state index is 10.2. The summed E-state index contributed by atoms with van der Waals surface area (Å²) >= 11 is 1.43. The molecule has 0 bridgehead atoms. The zero-order valence-electron chi connectivity index (χ0n) is 8.19. The van der Waals surface area contributed by atoms with Crippen LogP contribution < -0.4 is 10.4 Å². The van der Waals surface area contributed by atoms with Gasteiger partial charge in [-0.3, -0.25) is 0 Å². The van der Waals surface area contributed by atoms with Crippen LogP contribution in [0.4, 0.5) is 5.13 Å². The molecule has 0 unspecified atom stereocenters. The maximum Gasteiger partial charge on any atom is 0.184 e. The predicted octanol–water partition coefficient (Wildman–Crippen LogP) is 0.0773. The number of carbonyl (C=O) groups excluding carboxylic acids is 1. The van der Waals surface area contributed by atoms with Gasteiger partial charge in [-0.05, 0) is 12.1 Å². The number of fused-ring (bicyclic) bond motifs is 1. The topological polar surface area (TPSA) is 65.0 Å². The van der Waals surface area contributed by atoms with Crippen molar-refractivity contribution in [3.8, 4) is 0 Å². The molecule has 2 aromatic rings. The van der Waals surface area contributed by atoms with Crippen LogP contribution in [0.25, 0.3) is 10.2 Å². The van der Waals surface area contributed by atoms with Crippen molar-refractivity contribution >= 4 is 62.2 Å². The Hall–Kier alpha value is -0.620. The Bertz CT molecular complexity index is 439. The first-order valence-electron chi connectivity index (χ1n) is 4.05. The minimum atomic E-state index is -1.13. The van der Waals surface area contributed by atoms with Gasteiger partial charge in [0.15, 0.2) is 5.13 Å². The Labute approximate surface area is 113 Å². The Morgan fingerprint density at radius 1 is 1.47 bits per heavy atom. The van der Waals surface area contributed by atoms with Crippen molar-refractivity contribution in [2.45, 2.75) is 0 Å². The van der Waals surface area contributed by atoms with Crippen molar-refractivity contribution in [1.29, 1.82) is 0 Å². The first-order valence-corrected chi connectivity index (χ1v) is 4.86. The standard InChI is InChI=1S/C9H8N2O2S.Na/c12-8(13)5-10-9-11-6-3-1-2-4-7(6)14-9;/h1-4H,5H2,(H,10,11)(H,12,13);/p-1. The fourth-order valence-corrected chi connectivity index (χ4v) is 1.96. The second-order valence-electron chi connectivity index (χ2n) is 2.71. The van der Waals surface area contributed by atoms with Crippen LogP contribution in [0.15, 0.2) is 24.3 Å². The molecule has 1 N–H and O–H groups in total. The van der Waals surface area contributed by atoms with Crippen LogP contribution in [-0.4, -0.2) is 47.1 Å². The molecule has 73 valence electrons. The normalized spacial score (nSPS) is 9.60. The van der Waals surface area contributed by atoms with Gasteiger partial charge >= 0.3 is 0 Å². The Morgan fingerprint density at radius 3 is 2.87 bits per heavy atom. The number of benzene rings is 1. The summed E-state index contributed by atoms with van der Waals surface area (Å²) in [7, 11) is 0. The number of nitrogens with zero attached hydrogens (tertiary/aromatic N) is 1. The second-order valence-corrected chi connectivity index (χ2v) is 3.74. The summed E-state index contributed by atoms with van der Waals surface area (Å²) in [5.41, 5.74) is 0.873. The van der Waals surface area contributed by atoms with Gasteiger partial charge < -0.3 is 15.2 Å². The fourth-order valence-electron chi connectivity index (χ4n) is 1.10. The molecule has 15 heavy (non-hydrogen) atoms. The third kappa shape index (κ3) is 3.17. The number of anilines is 1. The van der Waals surface area contributed by atoms with E-state index in [1.807, 2.05) is 24.3 Å². The van der Waals surface area contributed by atoms with Crippen molar-refractivity contribution in [2.75, 3.05) is 11.9 Å². The second kappa shape index (κ2) is 5.46. The Morgan fingerprint density at radius 2 is 2.20 bits per heavy atom. The summed E-state index contributed by atoms with van der Waals surface area (Å²) in [5.74, 6) is -1.13. The van der Waals surface area contributed by atoms with E-state index in [0.29, 0.717) is 5.13 Å². The first kappa shape index (κ1) is 12.4. The van der Waals surface area contributed by atoms with Crippen LogP contribution in [0.1, 0.15) is 0 Å². The van der Waals surface area contributed by atoms with E-state index in [1.165, 1.54) is 11.3 Å². The van der Waals surface area contributed by atoms with E-state index in [1.54, 1.807) is 0 Å². The molecule has 1 radical (unpaired) electrons. The van der Waals surface area contributed by atoms with Crippen molar-refractivity contribution in [1.82, 2.24) is 4.98 Å². The van der Waals surface area contributed by atoms with Gasteiger partial charge in [-0.1, -0.05) is 23.5 Å². The molecule has 0 aliphatic rings. The fraction of sp³-hybridized carbons (Fsp3) is 0.111. The molecule has 0 aliphatic heterocycles. The molecule has 0 amide bonds. The van der Waals surface area contributed by atoms with E-state index in [-0.39, 0.29) is 36.1 Å². The summed E-state index contributed by atoms with van der Waals surface area (Å²) in [4.78, 5) is 14.4. The first-order chi connectivity index (χ1) is 6.75. The molecule has 0 spiro atoms. The zero-order valence-corrected chi connectivity index (χ0v) is 11.0. The monoisotopic (exact) mass is 230 g/mol. The summed E-state index contributed by atoms with van der Waals surface area (Å²) in [6.45, 7) is -0.209. The quantitative estimate of drug-likeness (QED) is 0.758. The largest absolute Gasteiger partial charge is 0.548 e. The van der Waals surface area contributed by atoms with E-state index in [0.717, 1.165) is 10.2 Å². The van der Waals surface area contributed by atoms with Crippen LogP contribution in [0.2, 0.25) is 0 Å². The van der Waals surface area contributed by atoms with Crippen LogP contribution in [0.3, 0.4) is 0 Å². The van der Waals surface area contributed by atoms with Gasteiger partial charge in [0.1, 0.15) is 0 Å². The van der Waals surface area contributed by atoms with Crippen LogP contribution >= 0.6 is 11.3 Å². The van der Waals surface area contributed by atoms with Crippen molar-refractivity contribution in [3.05, 3.63) is 24.3 Å². The van der Waals surface area contributed by atoms with Gasteiger partial charge in [-0.2, -0.15) is 0 Å². The molecule has 0 atom stereocenters. The number of carboxylic acid groups (broad SMARTS) is 1. The number of aliphatic carboxylic acids is 1. The number of carbonyl (C=O) groups is 1. The number of nitrogens with one attached hydrogen (secondary N) is 1. The van der Waals surface area contributed by atoms with Crippen molar-refractivity contribution < 1.29 is 9.90 Å². The summed E-state index contributed by atoms with van der Waals surface area (Å²) in [5, 5.41) is 13.5. The molecule has 1 aromatic carbocycles. The third-order valence-corrected chi connectivity index (χ3v) is 2.67. The van der Waals surface area contributed by atoms with Crippen LogP contribution in [0.5, 0.6) is 0 Å². The molecule has 6 heteroatoms. The Kier molecular flexibility index (Phi) is 4.53. The van der Waals surface area contributed by atoms with Gasteiger partial charge in [0.25, 0.3) is 0 Å². The number of rotatable bonds is 3. The van der Waals surface area contributed by atoms with E-state index >= 15 is 0 Å². The number of carboxylic acids is 1. The smallest absolute Gasteiger partial charge is 0.184 e. The van der Waals surface area contributed by atoms with Gasteiger partial charge in [0.2, 0.25) is 0 Å². The molecule has 0 saturated carbocycles. The molecule has 0 aliphatic carbocycles. The predicted molar refractivity (Wildman–Crippen MR) is 58.9 cm³/mol. The minimum Gasteiger partial charge on any atom is -0.548 e. The molecule has 4 nitrogen and oxygen atoms in total. The van der Waals surface area contributed by atoms with Crippen molar-refractivity contribution in [3.63, 3.8) is 0 Å². The van der Waals surface area contributed by atoms with Gasteiger partial charge in [0.05, 0.1) is 22.7 Å². The number of hydrogen-bond acceptors (Lipinski definition) is 5.